The zero-order valence-electron chi connectivity index (χ0n) is 7.80. The average Bonchev–Trinajstić information content (AvgIpc) is 1.97. The van der Waals surface area contributed by atoms with Crippen LogP contribution >= 0.6 is 22.6 Å². The molecule has 4 saturated carbocycles. The molecule has 0 aliphatic heterocycles. The van der Waals surface area contributed by atoms with E-state index < -0.39 is 0 Å². The van der Waals surface area contributed by atoms with Crippen LogP contribution in [-0.2, 0) is 0 Å². The van der Waals surface area contributed by atoms with Gasteiger partial charge in [-0.15, -0.1) is 0 Å². The van der Waals surface area contributed by atoms with E-state index in [4.69, 9.17) is 11.5 Å². The molecule has 13 heavy (non-hydrogen) atoms. The van der Waals surface area contributed by atoms with Gasteiger partial charge in [-0.2, -0.15) is 0 Å². The lowest BCUT2D eigenvalue weighted by Gasteiger charge is -2.62. The number of hydrogen-bond acceptors (Lipinski definition) is 2. The summed E-state index contributed by atoms with van der Waals surface area (Å²) in [4.78, 5) is 0. The molecule has 0 aromatic carbocycles. The molecule has 4 N–H and O–H groups in total. The topological polar surface area (TPSA) is 52.0 Å². The third-order valence-corrected chi connectivity index (χ3v) is 6.83. The highest BCUT2D eigenvalue weighted by atomic mass is 127. The Morgan fingerprint density at radius 2 is 1.31 bits per heavy atom. The van der Waals surface area contributed by atoms with Crippen molar-refractivity contribution in [3.63, 3.8) is 0 Å². The van der Waals surface area contributed by atoms with Crippen molar-refractivity contribution in [2.45, 2.75) is 47.1 Å². The van der Waals surface area contributed by atoms with Crippen molar-refractivity contribution in [1.82, 2.24) is 0 Å². The Morgan fingerprint density at radius 1 is 0.923 bits per heavy atom. The van der Waals surface area contributed by atoms with Gasteiger partial charge in [-0.05, 0) is 43.9 Å². The second-order valence-electron chi connectivity index (χ2n) is 5.61. The van der Waals surface area contributed by atoms with Crippen LogP contribution in [-0.4, -0.2) is 15.0 Å². The van der Waals surface area contributed by atoms with Crippen molar-refractivity contribution in [3.8, 4) is 0 Å². The number of hydrogen-bond donors (Lipinski definition) is 2. The van der Waals surface area contributed by atoms with Crippen LogP contribution in [0.15, 0.2) is 0 Å². The molecule has 4 fully saturated rings. The van der Waals surface area contributed by atoms with E-state index in [0.717, 1.165) is 11.8 Å². The van der Waals surface area contributed by atoms with Gasteiger partial charge in [-0.1, -0.05) is 22.6 Å². The third-order valence-electron chi connectivity index (χ3n) is 4.35. The summed E-state index contributed by atoms with van der Waals surface area (Å²) in [7, 11) is 0. The largest absolute Gasteiger partial charge is 0.324 e. The monoisotopic (exact) mass is 292 g/mol. The molecule has 3 heteroatoms. The Balaban J connectivity index is 2.03. The van der Waals surface area contributed by atoms with Crippen molar-refractivity contribution < 1.29 is 0 Å². The van der Waals surface area contributed by atoms with E-state index in [1.54, 1.807) is 0 Å². The van der Waals surface area contributed by atoms with Gasteiger partial charge in [0.2, 0.25) is 0 Å². The summed E-state index contributed by atoms with van der Waals surface area (Å²) in [6, 6.07) is 0. The predicted molar refractivity (Wildman–Crippen MR) is 61.7 cm³/mol. The molecule has 0 unspecified atom stereocenters. The molecule has 0 saturated heterocycles. The third kappa shape index (κ3) is 1.07. The molecule has 0 radical (unpaired) electrons. The molecular weight excluding hydrogens is 275 g/mol. The molecule has 4 rings (SSSR count). The van der Waals surface area contributed by atoms with Gasteiger partial charge >= 0.3 is 0 Å². The Hall–Kier alpha value is 0.650. The van der Waals surface area contributed by atoms with E-state index in [1.165, 1.54) is 32.1 Å². The number of alkyl halides is 1. The summed E-state index contributed by atoms with van der Waals surface area (Å²) < 4.78 is 0.505. The van der Waals surface area contributed by atoms with Crippen LogP contribution in [0.3, 0.4) is 0 Å². The highest BCUT2D eigenvalue weighted by molar-refractivity contribution is 14.1. The van der Waals surface area contributed by atoms with E-state index in [0.29, 0.717) is 3.92 Å². The maximum absolute atomic E-state index is 6.46. The summed E-state index contributed by atoms with van der Waals surface area (Å²) in [6.45, 7) is 0. The lowest BCUT2D eigenvalue weighted by atomic mass is 9.50. The SMILES string of the molecule is NC12CC3CC(C1)CC(N)(C3)C2I. The Kier molecular flexibility index (Phi) is 1.66. The van der Waals surface area contributed by atoms with Crippen LogP contribution in [0, 0.1) is 11.8 Å². The van der Waals surface area contributed by atoms with Gasteiger partial charge in [0.25, 0.3) is 0 Å². The summed E-state index contributed by atoms with van der Waals surface area (Å²) >= 11 is 2.51. The highest BCUT2D eigenvalue weighted by Crippen LogP contribution is 2.57. The van der Waals surface area contributed by atoms with Crippen LogP contribution < -0.4 is 11.5 Å². The zero-order valence-corrected chi connectivity index (χ0v) is 9.96. The minimum absolute atomic E-state index is 0.0827. The molecule has 0 aromatic rings. The first kappa shape index (κ1) is 8.92. The van der Waals surface area contributed by atoms with E-state index in [2.05, 4.69) is 22.6 Å². The van der Waals surface area contributed by atoms with Gasteiger partial charge in [-0.3, -0.25) is 0 Å². The molecule has 0 heterocycles. The van der Waals surface area contributed by atoms with E-state index in [-0.39, 0.29) is 11.1 Å². The Labute approximate surface area is 92.9 Å². The van der Waals surface area contributed by atoms with Gasteiger partial charge in [0.1, 0.15) is 0 Å². The van der Waals surface area contributed by atoms with Crippen LogP contribution in [0.4, 0.5) is 0 Å². The standard InChI is InChI=1S/C10H17IN2/c11-8-9(12)2-6-1-7(4-9)5-10(8,13)3-6/h6-8H,1-5,12-13H2. The van der Waals surface area contributed by atoms with Gasteiger partial charge in [0.05, 0.1) is 0 Å². The van der Waals surface area contributed by atoms with Crippen molar-refractivity contribution >= 4 is 22.6 Å². The minimum Gasteiger partial charge on any atom is -0.324 e. The molecular formula is C10H17IN2. The maximum atomic E-state index is 6.46. The van der Waals surface area contributed by atoms with Gasteiger partial charge < -0.3 is 11.5 Å². The van der Waals surface area contributed by atoms with Crippen LogP contribution in [0.5, 0.6) is 0 Å². The van der Waals surface area contributed by atoms with Gasteiger partial charge in [-0.25, -0.2) is 0 Å². The smallest absolute Gasteiger partial charge is 0.0470 e. The van der Waals surface area contributed by atoms with E-state index in [9.17, 15) is 0 Å². The fraction of sp³-hybridized carbons (Fsp3) is 1.00. The molecule has 0 amide bonds. The number of nitrogens with two attached hydrogens (primary N) is 2. The fourth-order valence-corrected chi connectivity index (χ4v) is 5.27. The van der Waals surface area contributed by atoms with E-state index >= 15 is 0 Å². The van der Waals surface area contributed by atoms with Crippen molar-refractivity contribution in [3.05, 3.63) is 0 Å². The molecule has 0 aromatic heterocycles. The number of rotatable bonds is 0. The minimum atomic E-state index is 0.0827. The molecule has 4 aliphatic rings. The van der Waals surface area contributed by atoms with Crippen molar-refractivity contribution in [2.75, 3.05) is 0 Å². The number of halogens is 1. The Morgan fingerprint density at radius 3 is 1.69 bits per heavy atom. The van der Waals surface area contributed by atoms with Crippen LogP contribution in [0.25, 0.3) is 0 Å². The maximum Gasteiger partial charge on any atom is 0.0470 e. The van der Waals surface area contributed by atoms with E-state index in [1.807, 2.05) is 0 Å². The molecule has 0 atom stereocenters. The molecule has 4 bridgehead atoms. The molecule has 4 aliphatic carbocycles. The normalized spacial score (nSPS) is 64.4. The fourth-order valence-electron chi connectivity index (χ4n) is 4.25. The first-order valence-electron chi connectivity index (χ1n) is 5.24. The average molecular weight is 292 g/mol. The van der Waals surface area contributed by atoms with Crippen molar-refractivity contribution in [2.24, 2.45) is 23.3 Å². The first-order valence-corrected chi connectivity index (χ1v) is 6.48. The second-order valence-corrected chi connectivity index (χ2v) is 6.86. The second kappa shape index (κ2) is 2.42. The summed E-state index contributed by atoms with van der Waals surface area (Å²) in [6.07, 6.45) is 6.33. The zero-order chi connectivity index (χ0) is 9.27. The van der Waals surface area contributed by atoms with Crippen molar-refractivity contribution in [1.29, 1.82) is 0 Å². The van der Waals surface area contributed by atoms with Gasteiger partial charge in [0.15, 0.2) is 0 Å². The molecule has 2 nitrogen and oxygen atoms in total. The lowest BCUT2D eigenvalue weighted by Crippen LogP contribution is -2.73. The van der Waals surface area contributed by atoms with Crippen LogP contribution in [0.1, 0.15) is 32.1 Å². The predicted octanol–water partition coefficient (Wildman–Crippen LogP) is 1.41. The van der Waals surface area contributed by atoms with Crippen LogP contribution in [0.2, 0.25) is 0 Å². The molecule has 0 spiro atoms. The Bertz CT molecular complexity index is 217. The molecule has 74 valence electrons. The summed E-state index contributed by atoms with van der Waals surface area (Å²) in [5, 5.41) is 0. The lowest BCUT2D eigenvalue weighted by molar-refractivity contribution is -0.00505. The van der Waals surface area contributed by atoms with Gasteiger partial charge in [0, 0.05) is 15.0 Å². The highest BCUT2D eigenvalue weighted by Gasteiger charge is 2.60. The summed E-state index contributed by atoms with van der Waals surface area (Å²) in [5.74, 6) is 1.68. The quantitative estimate of drug-likeness (QED) is 0.524. The first-order chi connectivity index (χ1) is 6.02. The summed E-state index contributed by atoms with van der Waals surface area (Å²) in [5.41, 5.74) is 13.1.